The molecule has 2 nitrogen and oxygen atoms in total. The van der Waals surface area contributed by atoms with Gasteiger partial charge in [0.15, 0.2) is 0 Å². The highest BCUT2D eigenvalue weighted by Crippen LogP contribution is 2.52. The molecular weight excluding hydrogens is 558 g/mol. The molecule has 1 aliphatic rings. The maximum atomic E-state index is 6.67. The van der Waals surface area contributed by atoms with Crippen molar-refractivity contribution in [3.05, 3.63) is 148 Å². The van der Waals surface area contributed by atoms with Crippen molar-refractivity contribution in [2.75, 3.05) is 0 Å². The van der Waals surface area contributed by atoms with Gasteiger partial charge in [0.2, 0.25) is 0 Å². The summed E-state index contributed by atoms with van der Waals surface area (Å²) in [6.45, 7) is 11.3. The van der Waals surface area contributed by atoms with Gasteiger partial charge in [0.1, 0.15) is 11.2 Å². The Kier molecular flexibility index (Phi) is 4.90. The minimum atomic E-state index is -0.0829. The molecule has 0 saturated carbocycles. The second kappa shape index (κ2) is 8.77. The summed E-state index contributed by atoms with van der Waals surface area (Å²) in [5, 5.41) is 8.13. The number of benzene rings is 6. The molecule has 0 N–H and O–H groups in total. The standard InChI is InChI=1S/C44H31NO/c1-25-12-5-6-13-27(25)22-33-26(2)45-38-21-20-28(29-16-11-17-32-30-14-7-9-18-37(30)44(3,4)41(29)32)23-34(38)35-24-36-31-15-8-10-19-39(31)46-43(36)40(33)42(35)45/h5-24H,1H2,2-4H3/b27-22-. The molecule has 0 fully saturated rings. The Morgan fingerprint density at radius 2 is 1.46 bits per heavy atom. The molecule has 0 amide bonds. The smallest absolute Gasteiger partial charge is 0.145 e. The van der Waals surface area contributed by atoms with E-state index in [1.807, 2.05) is 6.07 Å². The molecule has 0 aliphatic heterocycles. The van der Waals surface area contributed by atoms with E-state index >= 15 is 0 Å². The van der Waals surface area contributed by atoms with Crippen LogP contribution in [0.25, 0.3) is 84.0 Å². The van der Waals surface area contributed by atoms with E-state index in [4.69, 9.17) is 4.42 Å². The minimum absolute atomic E-state index is 0.0829. The average Bonchev–Trinajstić information content (AvgIpc) is 3.76. The Morgan fingerprint density at radius 1 is 0.696 bits per heavy atom. The first kappa shape index (κ1) is 25.7. The number of furan rings is 1. The van der Waals surface area contributed by atoms with Crippen molar-refractivity contribution in [1.29, 1.82) is 0 Å². The molecule has 10 rings (SSSR count). The SMILES string of the molecule is C=c1cccc/c1=C/c1c(C)n2c3ccc(-c4cccc5c4C(C)(C)c4ccccc4-5)cc3c3cc4c5ccccc5oc4c1c32. The summed E-state index contributed by atoms with van der Waals surface area (Å²) < 4.78 is 9.12. The predicted molar refractivity (Wildman–Crippen MR) is 193 cm³/mol. The van der Waals surface area contributed by atoms with Crippen molar-refractivity contribution in [2.24, 2.45) is 0 Å². The van der Waals surface area contributed by atoms with Crippen molar-refractivity contribution in [1.82, 2.24) is 4.40 Å². The molecule has 0 spiro atoms. The average molecular weight is 590 g/mol. The lowest BCUT2D eigenvalue weighted by atomic mass is 9.79. The van der Waals surface area contributed by atoms with Crippen molar-refractivity contribution < 1.29 is 4.42 Å². The van der Waals surface area contributed by atoms with E-state index in [0.29, 0.717) is 0 Å². The first-order valence-corrected chi connectivity index (χ1v) is 16.1. The van der Waals surface area contributed by atoms with Crippen LogP contribution < -0.4 is 10.4 Å². The van der Waals surface area contributed by atoms with E-state index in [0.717, 1.165) is 32.4 Å². The largest absolute Gasteiger partial charge is 0.455 e. The molecule has 2 heteroatoms. The highest BCUT2D eigenvalue weighted by molar-refractivity contribution is 6.28. The van der Waals surface area contributed by atoms with Gasteiger partial charge in [-0.15, -0.1) is 0 Å². The molecule has 0 saturated heterocycles. The third kappa shape index (κ3) is 3.16. The number of nitrogens with zero attached hydrogens (tertiary/aromatic N) is 1. The van der Waals surface area contributed by atoms with Gasteiger partial charge in [0.05, 0.1) is 16.4 Å². The molecule has 9 aromatic rings. The molecular formula is C44H31NO. The quantitative estimate of drug-likeness (QED) is 0.196. The number of hydrogen-bond donors (Lipinski definition) is 0. The molecule has 3 heterocycles. The first-order valence-electron chi connectivity index (χ1n) is 16.1. The molecule has 6 aromatic carbocycles. The Labute approximate surface area is 266 Å². The van der Waals surface area contributed by atoms with Gasteiger partial charge in [-0.25, -0.2) is 0 Å². The van der Waals surface area contributed by atoms with Crippen LogP contribution in [0, 0.1) is 6.92 Å². The van der Waals surface area contributed by atoms with E-state index < -0.39 is 0 Å². The second-order valence-corrected chi connectivity index (χ2v) is 13.4. The van der Waals surface area contributed by atoms with Crippen LogP contribution in [0.2, 0.25) is 0 Å². The molecule has 46 heavy (non-hydrogen) atoms. The number of hydrogen-bond acceptors (Lipinski definition) is 1. The van der Waals surface area contributed by atoms with Gasteiger partial charge in [-0.1, -0.05) is 111 Å². The minimum Gasteiger partial charge on any atom is -0.455 e. The summed E-state index contributed by atoms with van der Waals surface area (Å²) in [7, 11) is 0. The zero-order chi connectivity index (χ0) is 30.9. The Hall–Kier alpha value is -5.60. The van der Waals surface area contributed by atoms with Crippen LogP contribution in [0.1, 0.15) is 36.2 Å². The van der Waals surface area contributed by atoms with Gasteiger partial charge < -0.3 is 8.82 Å². The van der Waals surface area contributed by atoms with Crippen molar-refractivity contribution >= 4 is 61.8 Å². The van der Waals surface area contributed by atoms with E-state index in [1.165, 1.54) is 71.8 Å². The normalized spacial score (nSPS) is 14.4. The lowest BCUT2D eigenvalue weighted by Gasteiger charge is -2.24. The van der Waals surface area contributed by atoms with E-state index in [2.05, 4.69) is 147 Å². The summed E-state index contributed by atoms with van der Waals surface area (Å²) >= 11 is 0. The first-order chi connectivity index (χ1) is 22.4. The predicted octanol–water partition coefficient (Wildman–Crippen LogP) is 10.1. The van der Waals surface area contributed by atoms with Crippen LogP contribution in [0.5, 0.6) is 0 Å². The van der Waals surface area contributed by atoms with Gasteiger partial charge in [-0.3, -0.25) is 0 Å². The van der Waals surface area contributed by atoms with E-state index in [9.17, 15) is 0 Å². The molecule has 0 unspecified atom stereocenters. The van der Waals surface area contributed by atoms with Crippen LogP contribution >= 0.6 is 0 Å². The van der Waals surface area contributed by atoms with Crippen molar-refractivity contribution in [2.45, 2.75) is 26.2 Å². The van der Waals surface area contributed by atoms with Gasteiger partial charge >= 0.3 is 0 Å². The Morgan fingerprint density at radius 3 is 2.35 bits per heavy atom. The lowest BCUT2D eigenvalue weighted by Crippen LogP contribution is -2.21. The maximum Gasteiger partial charge on any atom is 0.145 e. The zero-order valence-corrected chi connectivity index (χ0v) is 26.1. The molecule has 0 bridgehead atoms. The van der Waals surface area contributed by atoms with Gasteiger partial charge in [-0.2, -0.15) is 0 Å². The third-order valence-corrected chi connectivity index (χ3v) is 10.6. The summed E-state index contributed by atoms with van der Waals surface area (Å²) in [4.78, 5) is 0. The molecule has 0 atom stereocenters. The fourth-order valence-corrected chi connectivity index (χ4v) is 8.52. The summed E-state index contributed by atoms with van der Waals surface area (Å²) in [6, 6.07) is 41.9. The van der Waals surface area contributed by atoms with Gasteiger partial charge in [-0.05, 0) is 81.1 Å². The molecule has 1 aliphatic carbocycles. The highest BCUT2D eigenvalue weighted by Gasteiger charge is 2.37. The number of para-hydroxylation sites is 1. The van der Waals surface area contributed by atoms with Crippen LogP contribution in [0.3, 0.4) is 0 Å². The number of rotatable bonds is 2. The summed E-state index contributed by atoms with van der Waals surface area (Å²) in [6.07, 6.45) is 2.29. The fraction of sp³-hybridized carbons (Fsp3) is 0.0909. The van der Waals surface area contributed by atoms with E-state index in [1.54, 1.807) is 0 Å². The molecule has 0 radical (unpaired) electrons. The zero-order valence-electron chi connectivity index (χ0n) is 26.1. The monoisotopic (exact) mass is 589 g/mol. The number of aromatic nitrogens is 1. The van der Waals surface area contributed by atoms with Crippen LogP contribution in [-0.4, -0.2) is 4.40 Å². The fourth-order valence-electron chi connectivity index (χ4n) is 8.52. The maximum absolute atomic E-state index is 6.67. The third-order valence-electron chi connectivity index (χ3n) is 10.6. The van der Waals surface area contributed by atoms with Crippen LogP contribution in [0.15, 0.2) is 120 Å². The molecule has 218 valence electrons. The highest BCUT2D eigenvalue weighted by atomic mass is 16.3. The van der Waals surface area contributed by atoms with Crippen LogP contribution in [0.4, 0.5) is 0 Å². The topological polar surface area (TPSA) is 17.6 Å². The molecule has 3 aromatic heterocycles. The summed E-state index contributed by atoms with van der Waals surface area (Å²) in [5.41, 5.74) is 14.7. The van der Waals surface area contributed by atoms with Crippen LogP contribution in [-0.2, 0) is 5.41 Å². The number of fused-ring (bicyclic) bond motifs is 10. The summed E-state index contributed by atoms with van der Waals surface area (Å²) in [5.74, 6) is 0. The Bertz CT molecular complexity index is 2860. The van der Waals surface area contributed by atoms with Gasteiger partial charge in [0, 0.05) is 38.2 Å². The Balaban J connectivity index is 1.32. The van der Waals surface area contributed by atoms with Gasteiger partial charge in [0.25, 0.3) is 0 Å². The second-order valence-electron chi connectivity index (χ2n) is 13.4. The lowest BCUT2D eigenvalue weighted by molar-refractivity contribution is 0.662. The van der Waals surface area contributed by atoms with E-state index in [-0.39, 0.29) is 5.41 Å². The van der Waals surface area contributed by atoms with Crippen molar-refractivity contribution in [3.63, 3.8) is 0 Å². The number of aryl methyl sites for hydroxylation is 1. The van der Waals surface area contributed by atoms with Crippen molar-refractivity contribution in [3.8, 4) is 22.3 Å².